The number of hydrogen-bond donors (Lipinski definition) is 0. The Labute approximate surface area is 101 Å². The molecule has 0 amide bonds. The van der Waals surface area contributed by atoms with Gasteiger partial charge < -0.3 is 4.74 Å². The molecule has 0 aromatic heterocycles. The monoisotopic (exact) mass is 227 g/mol. The summed E-state index contributed by atoms with van der Waals surface area (Å²) >= 11 is 0. The zero-order valence-electron chi connectivity index (χ0n) is 11.8. The molecule has 3 unspecified atom stereocenters. The number of methoxy groups -OCH3 is 1. The van der Waals surface area contributed by atoms with Crippen LogP contribution in [0.4, 0.5) is 0 Å². The van der Waals surface area contributed by atoms with Crippen LogP contribution < -0.4 is 0 Å². The van der Waals surface area contributed by atoms with E-state index in [9.17, 15) is 0 Å². The Kier molecular flexibility index (Phi) is 5.26. The molecule has 0 bridgehead atoms. The first-order chi connectivity index (χ1) is 7.74. The number of ether oxygens (including phenoxy) is 1. The van der Waals surface area contributed by atoms with Crippen LogP contribution in [0.3, 0.4) is 0 Å². The van der Waals surface area contributed by atoms with Gasteiger partial charge in [0, 0.05) is 25.7 Å². The molecule has 2 aliphatic heterocycles. The Morgan fingerprint density at radius 3 is 2.31 bits per heavy atom. The molecule has 2 heterocycles. The Morgan fingerprint density at radius 2 is 1.88 bits per heavy atom. The van der Waals surface area contributed by atoms with Crippen molar-refractivity contribution in [1.82, 2.24) is 4.90 Å². The number of rotatable bonds is 3. The van der Waals surface area contributed by atoms with Gasteiger partial charge in [0.05, 0.1) is 6.10 Å². The molecule has 2 heteroatoms. The van der Waals surface area contributed by atoms with Crippen LogP contribution in [0.2, 0.25) is 0 Å². The van der Waals surface area contributed by atoms with Gasteiger partial charge in [0.15, 0.2) is 0 Å². The van der Waals surface area contributed by atoms with Crippen LogP contribution >= 0.6 is 0 Å². The minimum atomic E-state index is 0.493. The van der Waals surface area contributed by atoms with Crippen molar-refractivity contribution < 1.29 is 4.74 Å². The smallest absolute Gasteiger partial charge is 0.0716 e. The normalized spacial score (nSPS) is 38.1. The van der Waals surface area contributed by atoms with Gasteiger partial charge in [-0.05, 0) is 25.2 Å². The molecule has 96 valence electrons. The van der Waals surface area contributed by atoms with E-state index >= 15 is 0 Å². The first-order valence-corrected chi connectivity index (χ1v) is 7.02. The maximum Gasteiger partial charge on any atom is 0.0716 e. The zero-order valence-corrected chi connectivity index (χ0v) is 11.8. The van der Waals surface area contributed by atoms with E-state index in [0.29, 0.717) is 11.6 Å². The molecular formula is C14H29NO. The van der Waals surface area contributed by atoms with Crippen LogP contribution in [0.15, 0.2) is 0 Å². The van der Waals surface area contributed by atoms with Crippen molar-refractivity contribution in [1.29, 1.82) is 0 Å². The molecule has 2 fully saturated rings. The van der Waals surface area contributed by atoms with Crippen molar-refractivity contribution in [2.75, 3.05) is 20.2 Å². The summed E-state index contributed by atoms with van der Waals surface area (Å²) in [6.07, 6.45) is 5.79. The van der Waals surface area contributed by atoms with Gasteiger partial charge in [-0.2, -0.15) is 0 Å². The third-order valence-corrected chi connectivity index (χ3v) is 4.42. The lowest BCUT2D eigenvalue weighted by Crippen LogP contribution is -2.37. The van der Waals surface area contributed by atoms with Crippen LogP contribution in [0, 0.1) is 5.92 Å². The lowest BCUT2D eigenvalue weighted by atomic mass is 9.86. The van der Waals surface area contributed by atoms with Gasteiger partial charge in [0.25, 0.3) is 0 Å². The summed E-state index contributed by atoms with van der Waals surface area (Å²) in [7, 11) is 1.85. The molecule has 2 saturated heterocycles. The third kappa shape index (κ3) is 2.43. The van der Waals surface area contributed by atoms with E-state index < -0.39 is 0 Å². The van der Waals surface area contributed by atoms with E-state index in [-0.39, 0.29) is 0 Å². The molecular weight excluding hydrogens is 198 g/mol. The number of hydrogen-bond acceptors (Lipinski definition) is 2. The zero-order chi connectivity index (χ0) is 12.2. The SMILES string of the molecule is CC.CCC1CN2CC(OC)CC2(CC)C1. The summed E-state index contributed by atoms with van der Waals surface area (Å²) in [6.45, 7) is 11.1. The molecule has 2 aliphatic rings. The Bertz CT molecular complexity index is 189. The van der Waals surface area contributed by atoms with Crippen molar-refractivity contribution in [3.8, 4) is 0 Å². The summed E-state index contributed by atoms with van der Waals surface area (Å²) in [5.41, 5.74) is 0.501. The largest absolute Gasteiger partial charge is 0.380 e. The Morgan fingerprint density at radius 1 is 1.19 bits per heavy atom. The van der Waals surface area contributed by atoms with E-state index in [2.05, 4.69) is 18.7 Å². The fourth-order valence-corrected chi connectivity index (χ4v) is 3.39. The topological polar surface area (TPSA) is 12.5 Å². The lowest BCUT2D eigenvalue weighted by Gasteiger charge is -2.30. The first-order valence-electron chi connectivity index (χ1n) is 7.02. The van der Waals surface area contributed by atoms with Crippen molar-refractivity contribution in [3.63, 3.8) is 0 Å². The molecule has 0 spiro atoms. The van der Waals surface area contributed by atoms with Gasteiger partial charge >= 0.3 is 0 Å². The highest BCUT2D eigenvalue weighted by atomic mass is 16.5. The lowest BCUT2D eigenvalue weighted by molar-refractivity contribution is 0.105. The third-order valence-electron chi connectivity index (χ3n) is 4.42. The van der Waals surface area contributed by atoms with Crippen LogP contribution in [-0.2, 0) is 4.74 Å². The predicted octanol–water partition coefficient (Wildman–Crippen LogP) is 3.31. The molecule has 0 aromatic rings. The second-order valence-electron chi connectivity index (χ2n) is 5.02. The van der Waals surface area contributed by atoms with Gasteiger partial charge in [-0.3, -0.25) is 4.90 Å². The van der Waals surface area contributed by atoms with E-state index in [0.717, 1.165) is 5.92 Å². The second kappa shape index (κ2) is 6.02. The van der Waals surface area contributed by atoms with Gasteiger partial charge in [-0.1, -0.05) is 34.1 Å². The van der Waals surface area contributed by atoms with Crippen molar-refractivity contribution in [2.24, 2.45) is 5.92 Å². The fraction of sp³-hybridized carbons (Fsp3) is 1.00. The van der Waals surface area contributed by atoms with E-state index in [1.807, 2.05) is 21.0 Å². The van der Waals surface area contributed by atoms with Crippen molar-refractivity contribution in [3.05, 3.63) is 0 Å². The highest BCUT2D eigenvalue weighted by molar-refractivity contribution is 5.05. The fourth-order valence-electron chi connectivity index (χ4n) is 3.39. The second-order valence-corrected chi connectivity index (χ2v) is 5.02. The predicted molar refractivity (Wildman–Crippen MR) is 69.8 cm³/mol. The first kappa shape index (κ1) is 14.0. The van der Waals surface area contributed by atoms with Gasteiger partial charge in [-0.25, -0.2) is 0 Å². The van der Waals surface area contributed by atoms with Crippen molar-refractivity contribution in [2.45, 2.75) is 65.0 Å². The summed E-state index contributed by atoms with van der Waals surface area (Å²) < 4.78 is 5.50. The minimum Gasteiger partial charge on any atom is -0.380 e. The quantitative estimate of drug-likeness (QED) is 0.733. The van der Waals surface area contributed by atoms with E-state index in [1.165, 1.54) is 38.8 Å². The average molecular weight is 227 g/mol. The van der Waals surface area contributed by atoms with Crippen LogP contribution in [-0.4, -0.2) is 36.7 Å². The van der Waals surface area contributed by atoms with Gasteiger partial charge in [-0.15, -0.1) is 0 Å². The maximum atomic E-state index is 5.50. The summed E-state index contributed by atoms with van der Waals surface area (Å²) in [4.78, 5) is 2.69. The molecule has 0 aromatic carbocycles. The van der Waals surface area contributed by atoms with Crippen LogP contribution in [0.1, 0.15) is 53.4 Å². The molecule has 0 saturated carbocycles. The summed E-state index contributed by atoms with van der Waals surface area (Å²) in [5, 5.41) is 0. The van der Waals surface area contributed by atoms with Gasteiger partial charge in [0.2, 0.25) is 0 Å². The molecule has 16 heavy (non-hydrogen) atoms. The standard InChI is InChI=1S/C12H23NO.C2H6/c1-4-10-6-12(5-2)7-11(14-3)9-13(12)8-10;1-2/h10-11H,4-9H2,1-3H3;1-2H3. The summed E-state index contributed by atoms with van der Waals surface area (Å²) in [5.74, 6) is 0.938. The van der Waals surface area contributed by atoms with E-state index in [1.54, 1.807) is 0 Å². The Hall–Kier alpha value is -0.0800. The molecule has 2 rings (SSSR count). The van der Waals surface area contributed by atoms with Crippen LogP contribution in [0.25, 0.3) is 0 Å². The molecule has 0 N–H and O–H groups in total. The summed E-state index contributed by atoms with van der Waals surface area (Å²) in [6, 6.07) is 0. The number of fused-ring (bicyclic) bond motifs is 1. The van der Waals surface area contributed by atoms with E-state index in [4.69, 9.17) is 4.74 Å². The maximum absolute atomic E-state index is 5.50. The number of nitrogens with zero attached hydrogens (tertiary/aromatic N) is 1. The average Bonchev–Trinajstić information content (AvgIpc) is 2.84. The highest BCUT2D eigenvalue weighted by Gasteiger charge is 2.49. The highest BCUT2D eigenvalue weighted by Crippen LogP contribution is 2.45. The van der Waals surface area contributed by atoms with Crippen molar-refractivity contribution >= 4 is 0 Å². The Balaban J connectivity index is 0.000000606. The van der Waals surface area contributed by atoms with Gasteiger partial charge in [0.1, 0.15) is 0 Å². The minimum absolute atomic E-state index is 0.493. The molecule has 0 aliphatic carbocycles. The molecule has 0 radical (unpaired) electrons. The molecule has 2 nitrogen and oxygen atoms in total. The molecule has 3 atom stereocenters. The van der Waals surface area contributed by atoms with Crippen LogP contribution in [0.5, 0.6) is 0 Å².